The van der Waals surface area contributed by atoms with E-state index >= 15 is 0 Å². The molecule has 0 bridgehead atoms. The van der Waals surface area contributed by atoms with Crippen molar-refractivity contribution in [1.82, 2.24) is 0 Å². The van der Waals surface area contributed by atoms with Crippen LogP contribution in [0.5, 0.6) is 0 Å². The molecule has 0 radical (unpaired) electrons. The van der Waals surface area contributed by atoms with Crippen LogP contribution in [-0.2, 0) is 4.74 Å². The molecular formula is C9H16OS2. The molecule has 0 unspecified atom stereocenters. The minimum Gasteiger partial charge on any atom is -0.475 e. The second kappa shape index (κ2) is 5.07. The number of hydrogen-bond acceptors (Lipinski definition) is 3. The Labute approximate surface area is 84.2 Å². The molecule has 0 aromatic rings. The Hall–Kier alpha value is 0.240. The molecule has 12 heavy (non-hydrogen) atoms. The van der Waals surface area contributed by atoms with Gasteiger partial charge in [0, 0.05) is 0 Å². The van der Waals surface area contributed by atoms with Crippen LogP contribution in [0, 0.1) is 5.92 Å². The second-order valence-corrected chi connectivity index (χ2v) is 4.78. The number of thiocarbonyl (C=S) groups is 1. The van der Waals surface area contributed by atoms with E-state index < -0.39 is 0 Å². The van der Waals surface area contributed by atoms with E-state index in [9.17, 15) is 0 Å². The van der Waals surface area contributed by atoms with Gasteiger partial charge in [0.2, 0.25) is 4.38 Å². The second-order valence-electron chi connectivity index (χ2n) is 3.37. The first kappa shape index (κ1) is 10.3. The maximum atomic E-state index is 5.65. The highest BCUT2D eigenvalue weighted by molar-refractivity contribution is 8.22. The normalized spacial score (nSPS) is 29.8. The first-order chi connectivity index (χ1) is 5.74. The van der Waals surface area contributed by atoms with E-state index in [0.717, 1.165) is 0 Å². The summed E-state index contributed by atoms with van der Waals surface area (Å²) >= 11 is 6.56. The van der Waals surface area contributed by atoms with E-state index in [1.165, 1.54) is 37.4 Å². The van der Waals surface area contributed by atoms with E-state index in [4.69, 9.17) is 17.0 Å². The minimum atomic E-state index is 0.388. The van der Waals surface area contributed by atoms with Gasteiger partial charge in [-0.3, -0.25) is 0 Å². The van der Waals surface area contributed by atoms with Gasteiger partial charge >= 0.3 is 0 Å². The van der Waals surface area contributed by atoms with Gasteiger partial charge in [0.1, 0.15) is 6.10 Å². The Morgan fingerprint density at radius 3 is 2.67 bits per heavy atom. The van der Waals surface area contributed by atoms with Crippen LogP contribution in [0.4, 0.5) is 0 Å². The molecule has 0 N–H and O–H groups in total. The summed E-state index contributed by atoms with van der Waals surface area (Å²) in [6, 6.07) is 0. The fourth-order valence-electron chi connectivity index (χ4n) is 1.63. The van der Waals surface area contributed by atoms with E-state index in [0.29, 0.717) is 16.4 Å². The van der Waals surface area contributed by atoms with Crippen LogP contribution in [0.3, 0.4) is 0 Å². The van der Waals surface area contributed by atoms with Crippen LogP contribution in [0.25, 0.3) is 0 Å². The largest absolute Gasteiger partial charge is 0.475 e. The molecule has 0 amide bonds. The fourth-order valence-corrected chi connectivity index (χ4v) is 1.97. The molecule has 0 spiro atoms. The summed E-state index contributed by atoms with van der Waals surface area (Å²) < 4.78 is 6.35. The zero-order valence-corrected chi connectivity index (χ0v) is 9.34. The number of hydrogen-bond donors (Lipinski definition) is 0. The Morgan fingerprint density at radius 1 is 1.42 bits per heavy atom. The molecule has 1 aliphatic rings. The van der Waals surface area contributed by atoms with Crippen molar-refractivity contribution in [2.24, 2.45) is 5.92 Å². The van der Waals surface area contributed by atoms with Crippen LogP contribution >= 0.6 is 24.0 Å². The summed E-state index contributed by atoms with van der Waals surface area (Å²) in [5, 5.41) is 0. The van der Waals surface area contributed by atoms with Gasteiger partial charge in [0.25, 0.3) is 0 Å². The molecule has 1 fully saturated rings. The lowest BCUT2D eigenvalue weighted by molar-refractivity contribution is 0.0994. The summed E-state index contributed by atoms with van der Waals surface area (Å²) in [7, 11) is 0. The van der Waals surface area contributed by atoms with Gasteiger partial charge in [-0.05, 0) is 43.7 Å². The number of rotatable bonds is 1. The maximum absolute atomic E-state index is 5.65. The van der Waals surface area contributed by atoms with Gasteiger partial charge in [-0.1, -0.05) is 25.1 Å². The maximum Gasteiger partial charge on any atom is 0.219 e. The topological polar surface area (TPSA) is 9.23 Å². The van der Waals surface area contributed by atoms with Crippen LogP contribution in [-0.4, -0.2) is 16.7 Å². The summed E-state index contributed by atoms with van der Waals surface area (Å²) in [6.07, 6.45) is 7.48. The van der Waals surface area contributed by atoms with Crippen molar-refractivity contribution in [3.8, 4) is 0 Å². The van der Waals surface area contributed by atoms with Crippen LogP contribution < -0.4 is 0 Å². The van der Waals surface area contributed by atoms with Crippen LogP contribution in [0.15, 0.2) is 0 Å². The monoisotopic (exact) mass is 204 g/mol. The van der Waals surface area contributed by atoms with Crippen molar-refractivity contribution in [2.75, 3.05) is 6.26 Å². The molecule has 1 nitrogen and oxygen atoms in total. The standard InChI is InChI=1S/C9H16OS2/c1-7-5-3-4-6-8(7)10-9(11)12-2/h7-8H,3-6H2,1-2H3/t7-,8-/m0/s1. The molecule has 3 heteroatoms. The Kier molecular flexibility index (Phi) is 4.36. The van der Waals surface area contributed by atoms with Crippen molar-refractivity contribution >= 4 is 28.4 Å². The fraction of sp³-hybridized carbons (Fsp3) is 0.889. The summed E-state index contributed by atoms with van der Waals surface area (Å²) in [4.78, 5) is 0. The van der Waals surface area contributed by atoms with Crippen molar-refractivity contribution in [3.05, 3.63) is 0 Å². The Bertz CT molecular complexity index is 159. The van der Waals surface area contributed by atoms with Gasteiger partial charge in [0.15, 0.2) is 0 Å². The van der Waals surface area contributed by atoms with E-state index in [2.05, 4.69) is 6.92 Å². The number of thioether (sulfide) groups is 1. The molecule has 1 rings (SSSR count). The van der Waals surface area contributed by atoms with Crippen molar-refractivity contribution in [3.63, 3.8) is 0 Å². The SMILES string of the molecule is CSC(=S)O[C@H]1CCCC[C@@H]1C. The predicted molar refractivity (Wildman–Crippen MR) is 58.6 cm³/mol. The average molecular weight is 204 g/mol. The Morgan fingerprint density at radius 2 is 2.08 bits per heavy atom. The van der Waals surface area contributed by atoms with Gasteiger partial charge in [-0.25, -0.2) is 0 Å². The van der Waals surface area contributed by atoms with E-state index in [1.54, 1.807) is 0 Å². The summed E-state index contributed by atoms with van der Waals surface area (Å²) in [5.74, 6) is 0.684. The molecule has 0 aromatic heterocycles. The molecule has 2 atom stereocenters. The van der Waals surface area contributed by atoms with Gasteiger partial charge in [-0.2, -0.15) is 0 Å². The van der Waals surface area contributed by atoms with Gasteiger partial charge in [0.05, 0.1) is 0 Å². The first-order valence-corrected chi connectivity index (χ1v) is 6.12. The lowest BCUT2D eigenvalue weighted by Crippen LogP contribution is -2.26. The first-order valence-electron chi connectivity index (χ1n) is 4.48. The zero-order chi connectivity index (χ0) is 8.97. The average Bonchev–Trinajstić information content (AvgIpc) is 2.09. The minimum absolute atomic E-state index is 0.388. The van der Waals surface area contributed by atoms with Crippen molar-refractivity contribution in [2.45, 2.75) is 38.7 Å². The molecule has 1 aliphatic carbocycles. The van der Waals surface area contributed by atoms with Gasteiger partial charge < -0.3 is 4.74 Å². The lowest BCUT2D eigenvalue weighted by atomic mass is 9.88. The highest BCUT2D eigenvalue weighted by Crippen LogP contribution is 2.27. The highest BCUT2D eigenvalue weighted by Gasteiger charge is 2.23. The zero-order valence-electron chi connectivity index (χ0n) is 7.71. The smallest absolute Gasteiger partial charge is 0.219 e. The molecular weight excluding hydrogens is 188 g/mol. The van der Waals surface area contributed by atoms with Crippen molar-refractivity contribution in [1.29, 1.82) is 0 Å². The third-order valence-corrected chi connectivity index (χ3v) is 3.47. The van der Waals surface area contributed by atoms with Crippen LogP contribution in [0.2, 0.25) is 0 Å². The molecule has 0 aliphatic heterocycles. The lowest BCUT2D eigenvalue weighted by Gasteiger charge is -2.28. The molecule has 0 aromatic carbocycles. The third-order valence-electron chi connectivity index (χ3n) is 2.45. The van der Waals surface area contributed by atoms with Crippen LogP contribution in [0.1, 0.15) is 32.6 Å². The van der Waals surface area contributed by atoms with E-state index in [1.807, 2.05) is 6.26 Å². The third kappa shape index (κ3) is 2.94. The highest BCUT2D eigenvalue weighted by atomic mass is 32.2. The van der Waals surface area contributed by atoms with Crippen molar-refractivity contribution < 1.29 is 4.74 Å². The number of ether oxygens (including phenoxy) is 1. The molecule has 1 saturated carbocycles. The quantitative estimate of drug-likeness (QED) is 0.607. The molecule has 0 saturated heterocycles. The molecule has 0 heterocycles. The summed E-state index contributed by atoms with van der Waals surface area (Å²) in [6.45, 7) is 2.26. The molecule has 70 valence electrons. The van der Waals surface area contributed by atoms with Gasteiger partial charge in [-0.15, -0.1) is 0 Å². The Balaban J connectivity index is 2.33. The van der Waals surface area contributed by atoms with E-state index in [-0.39, 0.29) is 0 Å². The summed E-state index contributed by atoms with van der Waals surface area (Å²) in [5.41, 5.74) is 0. The predicted octanol–water partition coefficient (Wildman–Crippen LogP) is 3.23.